The second kappa shape index (κ2) is 9.95. The lowest BCUT2D eigenvalue weighted by Gasteiger charge is -2.18. The molecule has 12 nitrogen and oxygen atoms in total. The summed E-state index contributed by atoms with van der Waals surface area (Å²) in [5.41, 5.74) is 2.59. The van der Waals surface area contributed by atoms with E-state index in [4.69, 9.17) is 11.6 Å². The smallest absolute Gasteiger partial charge is 0.219 e. The maximum atomic E-state index is 15.3. The van der Waals surface area contributed by atoms with Crippen LogP contribution in [0.25, 0.3) is 27.9 Å². The number of nitrogens with zero attached hydrogens (tertiary/aromatic N) is 10. The van der Waals surface area contributed by atoms with E-state index in [9.17, 15) is 10.4 Å². The van der Waals surface area contributed by atoms with Crippen molar-refractivity contribution in [1.29, 1.82) is 0 Å². The van der Waals surface area contributed by atoms with Gasteiger partial charge in [0.2, 0.25) is 5.69 Å². The number of hydrogen-bond donors (Lipinski definition) is 0. The molecule has 0 aliphatic heterocycles. The monoisotopic (exact) mass is 544 g/mol. The summed E-state index contributed by atoms with van der Waals surface area (Å²) in [4.78, 5) is 0. The molecular formula is C25H18ClFN10O2. The largest absolute Gasteiger partial charge is 0.619 e. The Morgan fingerprint density at radius 3 is 2.56 bits per heavy atom. The standard InChI is InChI=1S/C25H18ClFN10O2/c26-20-3-5-22(36-16-28-31-32-36)24(25(20)27)18-2-4-21(37(39)14-18)23(15-33-9-1-8-29-33)35-13-19(12-30-35)17-6-10-34(38)11-7-17/h1-14,16,23H,15H2. The lowest BCUT2D eigenvalue weighted by Crippen LogP contribution is -2.37. The average Bonchev–Trinajstić information content (AvgIpc) is 3.73. The summed E-state index contributed by atoms with van der Waals surface area (Å²) in [5, 5.41) is 44.7. The van der Waals surface area contributed by atoms with E-state index in [0.717, 1.165) is 11.1 Å². The maximum Gasteiger partial charge on any atom is 0.219 e. The lowest BCUT2D eigenvalue weighted by atomic mass is 10.0. The number of pyridine rings is 2. The normalized spacial score (nSPS) is 12.1. The molecule has 5 aromatic heterocycles. The minimum Gasteiger partial charge on any atom is -0.619 e. The summed E-state index contributed by atoms with van der Waals surface area (Å²) in [5.74, 6) is -0.704. The van der Waals surface area contributed by atoms with Crippen LogP contribution in [0.3, 0.4) is 0 Å². The molecule has 0 N–H and O–H groups in total. The van der Waals surface area contributed by atoms with Gasteiger partial charge in [0.15, 0.2) is 30.4 Å². The topological polar surface area (TPSA) is 133 Å². The third-order valence-electron chi connectivity index (χ3n) is 6.22. The van der Waals surface area contributed by atoms with Gasteiger partial charge in [0.1, 0.15) is 6.33 Å². The van der Waals surface area contributed by atoms with E-state index in [1.54, 1.807) is 70.5 Å². The summed E-state index contributed by atoms with van der Waals surface area (Å²) >= 11 is 6.08. The van der Waals surface area contributed by atoms with Crippen LogP contribution in [0.5, 0.6) is 0 Å². The first-order valence-electron chi connectivity index (χ1n) is 11.6. The zero-order valence-corrected chi connectivity index (χ0v) is 20.7. The van der Waals surface area contributed by atoms with Crippen molar-refractivity contribution in [2.45, 2.75) is 12.6 Å². The van der Waals surface area contributed by atoms with E-state index in [1.807, 2.05) is 0 Å². The number of rotatable bonds is 7. The molecule has 6 rings (SSSR count). The van der Waals surface area contributed by atoms with Crippen LogP contribution in [0.15, 0.2) is 92.2 Å². The fraction of sp³-hybridized carbons (Fsp3) is 0.0800. The third-order valence-corrected chi connectivity index (χ3v) is 6.51. The summed E-state index contributed by atoms with van der Waals surface area (Å²) in [7, 11) is 0. The molecule has 0 amide bonds. The SMILES string of the molecule is [O-][n+]1ccc(-c2cnn(C(Cn3cccn3)c3ccc(-c4c(-n5cnnn5)ccc(Cl)c4F)c[n+]3[O-])c2)cc1. The van der Waals surface area contributed by atoms with Crippen LogP contribution in [0.1, 0.15) is 11.7 Å². The van der Waals surface area contributed by atoms with Crippen molar-refractivity contribution in [3.05, 3.63) is 119 Å². The van der Waals surface area contributed by atoms with Gasteiger partial charge >= 0.3 is 0 Å². The van der Waals surface area contributed by atoms with Gasteiger partial charge < -0.3 is 10.4 Å². The van der Waals surface area contributed by atoms with Crippen molar-refractivity contribution in [3.63, 3.8) is 0 Å². The van der Waals surface area contributed by atoms with Crippen LogP contribution in [0.4, 0.5) is 4.39 Å². The number of hydrogen-bond acceptors (Lipinski definition) is 7. The van der Waals surface area contributed by atoms with Crippen molar-refractivity contribution in [2.75, 3.05) is 0 Å². The molecule has 0 saturated carbocycles. The quantitative estimate of drug-likeness (QED) is 0.223. The molecule has 1 aromatic carbocycles. The highest BCUT2D eigenvalue weighted by Gasteiger charge is 2.26. The Labute approximate surface area is 224 Å². The molecule has 39 heavy (non-hydrogen) atoms. The van der Waals surface area contributed by atoms with Gasteiger partial charge in [-0.15, -0.1) is 5.10 Å². The Morgan fingerprint density at radius 2 is 1.85 bits per heavy atom. The molecule has 0 bridgehead atoms. The fourth-order valence-electron chi connectivity index (χ4n) is 4.34. The number of halogens is 2. The number of benzene rings is 1. The van der Waals surface area contributed by atoms with Crippen LogP contribution in [0, 0.1) is 16.2 Å². The molecule has 0 aliphatic rings. The van der Waals surface area contributed by atoms with Gasteiger partial charge in [-0.1, -0.05) is 11.6 Å². The van der Waals surface area contributed by atoms with Crippen LogP contribution >= 0.6 is 11.6 Å². The molecule has 0 saturated heterocycles. The second-order valence-electron chi connectivity index (χ2n) is 8.58. The van der Waals surface area contributed by atoms with E-state index in [-0.39, 0.29) is 16.1 Å². The molecule has 6 aromatic rings. The maximum absolute atomic E-state index is 15.3. The molecule has 5 heterocycles. The van der Waals surface area contributed by atoms with E-state index in [0.29, 0.717) is 27.4 Å². The molecule has 0 spiro atoms. The summed E-state index contributed by atoms with van der Waals surface area (Å²) in [6.45, 7) is 0.298. The van der Waals surface area contributed by atoms with Crippen molar-refractivity contribution < 1.29 is 13.9 Å². The Morgan fingerprint density at radius 1 is 1.00 bits per heavy atom. The molecule has 194 valence electrons. The number of tetrazole rings is 1. The third kappa shape index (κ3) is 4.66. The summed E-state index contributed by atoms with van der Waals surface area (Å²) in [6.07, 6.45) is 12.3. The molecule has 1 atom stereocenters. The molecule has 0 radical (unpaired) electrons. The van der Waals surface area contributed by atoms with E-state index in [2.05, 4.69) is 25.7 Å². The van der Waals surface area contributed by atoms with Crippen molar-refractivity contribution >= 4 is 11.6 Å². The van der Waals surface area contributed by atoms with E-state index in [1.165, 1.54) is 35.7 Å². The van der Waals surface area contributed by atoms with Gasteiger partial charge in [-0.3, -0.25) is 9.36 Å². The molecule has 0 fully saturated rings. The number of aromatic nitrogens is 10. The lowest BCUT2D eigenvalue weighted by molar-refractivity contribution is -0.615. The Bertz CT molecular complexity index is 1740. The highest BCUT2D eigenvalue weighted by molar-refractivity contribution is 6.31. The molecular weight excluding hydrogens is 527 g/mol. The Hall–Kier alpha value is -5.17. The zero-order valence-electron chi connectivity index (χ0n) is 20.0. The van der Waals surface area contributed by atoms with Crippen molar-refractivity contribution in [3.8, 4) is 27.9 Å². The molecule has 14 heteroatoms. The predicted octanol–water partition coefficient (Wildman–Crippen LogP) is 2.74. The molecule has 0 aliphatic carbocycles. The first-order chi connectivity index (χ1) is 19.0. The highest BCUT2D eigenvalue weighted by atomic mass is 35.5. The summed E-state index contributed by atoms with van der Waals surface area (Å²) in [6, 6.07) is 10.8. The first-order valence-corrected chi connectivity index (χ1v) is 12.0. The van der Waals surface area contributed by atoms with Gasteiger partial charge in [0.25, 0.3) is 0 Å². The van der Waals surface area contributed by atoms with Gasteiger partial charge in [-0.05, 0) is 40.3 Å². The summed E-state index contributed by atoms with van der Waals surface area (Å²) < 4.78 is 21.3. The van der Waals surface area contributed by atoms with Gasteiger partial charge in [-0.25, -0.2) is 4.39 Å². The predicted molar refractivity (Wildman–Crippen MR) is 136 cm³/mol. The van der Waals surface area contributed by atoms with Crippen LogP contribution < -0.4 is 9.46 Å². The van der Waals surface area contributed by atoms with Gasteiger partial charge in [0.05, 0.1) is 34.6 Å². The minimum absolute atomic E-state index is 0.0793. The molecule has 1 unspecified atom stereocenters. The second-order valence-corrected chi connectivity index (χ2v) is 8.99. The Kier molecular flexibility index (Phi) is 6.17. The fourth-order valence-corrected chi connectivity index (χ4v) is 4.49. The Balaban J connectivity index is 1.42. The van der Waals surface area contributed by atoms with Crippen molar-refractivity contribution in [2.24, 2.45) is 0 Å². The van der Waals surface area contributed by atoms with Crippen LogP contribution in [-0.2, 0) is 6.54 Å². The van der Waals surface area contributed by atoms with Crippen LogP contribution in [0.2, 0.25) is 5.02 Å². The van der Waals surface area contributed by atoms with E-state index < -0.39 is 11.9 Å². The van der Waals surface area contributed by atoms with Crippen LogP contribution in [-0.4, -0.2) is 39.8 Å². The first kappa shape index (κ1) is 24.2. The average molecular weight is 545 g/mol. The highest BCUT2D eigenvalue weighted by Crippen LogP contribution is 2.33. The minimum atomic E-state index is -0.704. The van der Waals surface area contributed by atoms with Gasteiger partial charge in [0, 0.05) is 42.4 Å². The zero-order chi connectivity index (χ0) is 26.9. The van der Waals surface area contributed by atoms with Gasteiger partial charge in [-0.2, -0.15) is 24.3 Å². The van der Waals surface area contributed by atoms with Crippen molar-refractivity contribution in [1.82, 2.24) is 39.8 Å². The van der Waals surface area contributed by atoms with E-state index >= 15 is 4.39 Å².